The van der Waals surface area contributed by atoms with E-state index in [9.17, 15) is 5.11 Å². The Labute approximate surface area is 125 Å². The molecule has 0 radical (unpaired) electrons. The zero-order valence-electron chi connectivity index (χ0n) is 12.7. The van der Waals surface area contributed by atoms with Crippen molar-refractivity contribution in [2.45, 2.75) is 32.0 Å². The summed E-state index contributed by atoms with van der Waals surface area (Å²) in [6.45, 7) is 4.01. The molecule has 2 heterocycles. The number of methoxy groups -OCH3 is 1. The number of hydrogen-bond donors (Lipinski definition) is 1. The molecule has 0 saturated carbocycles. The van der Waals surface area contributed by atoms with Gasteiger partial charge in [-0.25, -0.2) is 4.98 Å². The van der Waals surface area contributed by atoms with E-state index < -0.39 is 0 Å². The lowest BCUT2D eigenvalue weighted by molar-refractivity contribution is -0.00475. The zero-order chi connectivity index (χ0) is 14.9. The molecule has 1 saturated heterocycles. The highest BCUT2D eigenvalue weighted by Gasteiger charge is 2.32. The van der Waals surface area contributed by atoms with E-state index in [1.54, 1.807) is 13.3 Å². The summed E-state index contributed by atoms with van der Waals surface area (Å²) in [7, 11) is 1.78. The average Bonchev–Trinajstić information content (AvgIpc) is 2.54. The zero-order valence-corrected chi connectivity index (χ0v) is 12.7. The predicted octanol–water partition coefficient (Wildman–Crippen LogP) is 2.73. The molecule has 4 heteroatoms. The molecule has 4 nitrogen and oxygen atoms in total. The van der Waals surface area contributed by atoms with Crippen LogP contribution in [-0.4, -0.2) is 35.9 Å². The third-order valence-corrected chi connectivity index (χ3v) is 4.48. The van der Waals surface area contributed by atoms with Crippen molar-refractivity contribution in [1.82, 2.24) is 4.98 Å². The summed E-state index contributed by atoms with van der Waals surface area (Å²) in [5.74, 6) is 0.991. The molecule has 1 aromatic heterocycles. The van der Waals surface area contributed by atoms with Crippen molar-refractivity contribution in [3.8, 4) is 0 Å². The standard InChI is InChI=1S/C17H22N2O2/c1-17(21-2)8-5-9-19(12-17)16-15-7-4-3-6-14(15)13(11-20)10-18-16/h3-4,6-7,10,20H,5,8-9,11-12H2,1-2H3. The minimum Gasteiger partial charge on any atom is -0.392 e. The van der Waals surface area contributed by atoms with Gasteiger partial charge in [-0.1, -0.05) is 24.3 Å². The molecule has 1 aromatic carbocycles. The molecule has 0 aliphatic carbocycles. The summed E-state index contributed by atoms with van der Waals surface area (Å²) in [5.41, 5.74) is 0.761. The van der Waals surface area contributed by atoms with Crippen LogP contribution in [0.15, 0.2) is 30.5 Å². The number of pyridine rings is 1. The molecule has 0 bridgehead atoms. The smallest absolute Gasteiger partial charge is 0.136 e. The van der Waals surface area contributed by atoms with Gasteiger partial charge in [-0.15, -0.1) is 0 Å². The van der Waals surface area contributed by atoms with Crippen LogP contribution in [-0.2, 0) is 11.3 Å². The summed E-state index contributed by atoms with van der Waals surface area (Å²) in [5, 5.41) is 11.7. The Hall–Kier alpha value is -1.65. The second-order valence-corrected chi connectivity index (χ2v) is 5.99. The highest BCUT2D eigenvalue weighted by Crippen LogP contribution is 2.32. The number of anilines is 1. The number of aliphatic hydroxyl groups excluding tert-OH is 1. The number of benzene rings is 1. The number of piperidine rings is 1. The van der Waals surface area contributed by atoms with Gasteiger partial charge in [0, 0.05) is 37.3 Å². The largest absolute Gasteiger partial charge is 0.392 e. The van der Waals surface area contributed by atoms with Crippen molar-refractivity contribution in [3.63, 3.8) is 0 Å². The van der Waals surface area contributed by atoms with Gasteiger partial charge in [-0.3, -0.25) is 0 Å². The normalized spacial score (nSPS) is 22.7. The van der Waals surface area contributed by atoms with Crippen LogP contribution in [0.25, 0.3) is 10.8 Å². The van der Waals surface area contributed by atoms with Gasteiger partial charge < -0.3 is 14.7 Å². The lowest BCUT2D eigenvalue weighted by Crippen LogP contribution is -2.47. The lowest BCUT2D eigenvalue weighted by atomic mass is 9.94. The van der Waals surface area contributed by atoms with E-state index in [0.717, 1.165) is 48.1 Å². The molecule has 2 aromatic rings. The molecule has 112 valence electrons. The fourth-order valence-corrected chi connectivity index (χ4v) is 3.17. The first kappa shape index (κ1) is 14.3. The Balaban J connectivity index is 2.05. The molecular weight excluding hydrogens is 264 g/mol. The minimum atomic E-state index is -0.114. The van der Waals surface area contributed by atoms with Crippen LogP contribution in [0, 0.1) is 0 Å². The van der Waals surface area contributed by atoms with Crippen LogP contribution < -0.4 is 4.90 Å². The molecule has 3 rings (SSSR count). The molecule has 1 aliphatic heterocycles. The van der Waals surface area contributed by atoms with Gasteiger partial charge in [0.05, 0.1) is 12.2 Å². The molecule has 1 fully saturated rings. The maximum atomic E-state index is 9.48. The Bertz CT molecular complexity index is 644. The van der Waals surface area contributed by atoms with E-state index in [4.69, 9.17) is 4.74 Å². The fourth-order valence-electron chi connectivity index (χ4n) is 3.17. The van der Waals surface area contributed by atoms with Crippen molar-refractivity contribution < 1.29 is 9.84 Å². The van der Waals surface area contributed by atoms with Gasteiger partial charge in [0.2, 0.25) is 0 Å². The number of ether oxygens (including phenoxy) is 1. The Morgan fingerprint density at radius 3 is 2.81 bits per heavy atom. The summed E-state index contributed by atoms with van der Waals surface area (Å²) < 4.78 is 5.68. The van der Waals surface area contributed by atoms with Gasteiger partial charge in [0.25, 0.3) is 0 Å². The molecule has 1 aliphatic rings. The van der Waals surface area contributed by atoms with Crippen LogP contribution in [0.3, 0.4) is 0 Å². The highest BCUT2D eigenvalue weighted by atomic mass is 16.5. The number of nitrogens with zero attached hydrogens (tertiary/aromatic N) is 2. The van der Waals surface area contributed by atoms with Crippen LogP contribution in [0.5, 0.6) is 0 Å². The summed E-state index contributed by atoms with van der Waals surface area (Å²) in [4.78, 5) is 6.91. The number of fused-ring (bicyclic) bond motifs is 1. The predicted molar refractivity (Wildman–Crippen MR) is 84.5 cm³/mol. The number of hydrogen-bond acceptors (Lipinski definition) is 4. The van der Waals surface area contributed by atoms with E-state index in [-0.39, 0.29) is 12.2 Å². The van der Waals surface area contributed by atoms with E-state index in [2.05, 4.69) is 22.9 Å². The van der Waals surface area contributed by atoms with Gasteiger partial charge in [0.1, 0.15) is 5.82 Å². The minimum absolute atomic E-state index is 0.0174. The summed E-state index contributed by atoms with van der Waals surface area (Å²) >= 11 is 0. The number of aliphatic hydroxyl groups is 1. The van der Waals surface area contributed by atoms with E-state index in [1.807, 2.05) is 18.2 Å². The Morgan fingerprint density at radius 1 is 1.33 bits per heavy atom. The maximum absolute atomic E-state index is 9.48. The van der Waals surface area contributed by atoms with E-state index in [0.29, 0.717) is 0 Å². The molecule has 1 unspecified atom stereocenters. The molecule has 21 heavy (non-hydrogen) atoms. The van der Waals surface area contributed by atoms with E-state index >= 15 is 0 Å². The molecule has 0 amide bonds. The molecule has 1 N–H and O–H groups in total. The van der Waals surface area contributed by atoms with Crippen molar-refractivity contribution in [2.24, 2.45) is 0 Å². The summed E-state index contributed by atoms with van der Waals surface area (Å²) in [6.07, 6.45) is 3.96. The van der Waals surface area contributed by atoms with Gasteiger partial charge in [-0.05, 0) is 25.2 Å². The topological polar surface area (TPSA) is 45.6 Å². The number of rotatable bonds is 3. The Kier molecular flexibility index (Phi) is 3.83. The van der Waals surface area contributed by atoms with E-state index in [1.165, 1.54) is 0 Å². The lowest BCUT2D eigenvalue weighted by Gasteiger charge is -2.40. The first-order chi connectivity index (χ1) is 10.2. The van der Waals surface area contributed by atoms with Crippen LogP contribution in [0.4, 0.5) is 5.82 Å². The third-order valence-electron chi connectivity index (χ3n) is 4.48. The van der Waals surface area contributed by atoms with Crippen molar-refractivity contribution in [1.29, 1.82) is 0 Å². The SMILES string of the molecule is COC1(C)CCCN(c2ncc(CO)c3ccccc23)C1. The second kappa shape index (κ2) is 5.62. The Morgan fingerprint density at radius 2 is 2.10 bits per heavy atom. The van der Waals surface area contributed by atoms with Crippen LogP contribution in [0.1, 0.15) is 25.3 Å². The fraction of sp³-hybridized carbons (Fsp3) is 0.471. The highest BCUT2D eigenvalue weighted by molar-refractivity contribution is 5.94. The van der Waals surface area contributed by atoms with Crippen molar-refractivity contribution in [2.75, 3.05) is 25.1 Å². The third kappa shape index (κ3) is 2.61. The first-order valence-electron chi connectivity index (χ1n) is 7.44. The average molecular weight is 286 g/mol. The van der Waals surface area contributed by atoms with Crippen molar-refractivity contribution >= 4 is 16.6 Å². The van der Waals surface area contributed by atoms with Crippen molar-refractivity contribution in [3.05, 3.63) is 36.0 Å². The van der Waals surface area contributed by atoms with Gasteiger partial charge in [0.15, 0.2) is 0 Å². The first-order valence-corrected chi connectivity index (χ1v) is 7.44. The second-order valence-electron chi connectivity index (χ2n) is 5.99. The van der Waals surface area contributed by atoms with Gasteiger partial charge in [-0.2, -0.15) is 0 Å². The monoisotopic (exact) mass is 286 g/mol. The van der Waals surface area contributed by atoms with Crippen LogP contribution >= 0.6 is 0 Å². The molecule has 1 atom stereocenters. The maximum Gasteiger partial charge on any atom is 0.136 e. The molecular formula is C17H22N2O2. The quantitative estimate of drug-likeness (QED) is 0.942. The molecule has 0 spiro atoms. The van der Waals surface area contributed by atoms with Gasteiger partial charge >= 0.3 is 0 Å². The summed E-state index contributed by atoms with van der Waals surface area (Å²) in [6, 6.07) is 8.15. The number of aromatic nitrogens is 1. The van der Waals surface area contributed by atoms with Crippen LogP contribution in [0.2, 0.25) is 0 Å².